The van der Waals surface area contributed by atoms with Gasteiger partial charge in [-0.2, -0.15) is 5.10 Å². The van der Waals surface area contributed by atoms with Crippen LogP contribution in [0.25, 0.3) is 5.69 Å². The van der Waals surface area contributed by atoms with Gasteiger partial charge in [0.05, 0.1) is 18.4 Å². The van der Waals surface area contributed by atoms with Gasteiger partial charge in [0.25, 0.3) is 5.91 Å². The van der Waals surface area contributed by atoms with E-state index in [1.165, 1.54) is 0 Å². The second kappa shape index (κ2) is 11.5. The number of rotatable bonds is 5. The maximum Gasteiger partial charge on any atom is 0.251 e. The number of hydrogen-bond acceptors (Lipinski definition) is 4. The number of ether oxygens (including phenoxy) is 1. The first-order valence-corrected chi connectivity index (χ1v) is 10.8. The zero-order valence-corrected chi connectivity index (χ0v) is 20.3. The second-order valence-corrected chi connectivity index (χ2v) is 7.61. The summed E-state index contributed by atoms with van der Waals surface area (Å²) in [6, 6.07) is 10.1. The van der Waals surface area contributed by atoms with E-state index in [0.717, 1.165) is 49.7 Å². The van der Waals surface area contributed by atoms with Crippen LogP contribution in [0.4, 0.5) is 0 Å². The molecular formula is C22H31IN6O2. The average molecular weight is 538 g/mol. The Labute approximate surface area is 200 Å². The number of aromatic nitrogens is 2. The van der Waals surface area contributed by atoms with Crippen molar-refractivity contribution in [1.82, 2.24) is 24.9 Å². The quantitative estimate of drug-likeness (QED) is 0.360. The van der Waals surface area contributed by atoms with Gasteiger partial charge in [-0.15, -0.1) is 24.0 Å². The van der Waals surface area contributed by atoms with Gasteiger partial charge in [0.1, 0.15) is 6.10 Å². The molecule has 1 N–H and O–H groups in total. The fourth-order valence-corrected chi connectivity index (χ4v) is 3.87. The monoisotopic (exact) mass is 538 g/mol. The lowest BCUT2D eigenvalue weighted by Gasteiger charge is -2.37. The third-order valence-electron chi connectivity index (χ3n) is 5.50. The van der Waals surface area contributed by atoms with E-state index in [4.69, 9.17) is 9.73 Å². The predicted octanol–water partition coefficient (Wildman–Crippen LogP) is 2.28. The highest BCUT2D eigenvalue weighted by molar-refractivity contribution is 14.0. The van der Waals surface area contributed by atoms with Crippen molar-refractivity contribution >= 4 is 35.8 Å². The van der Waals surface area contributed by atoms with Crippen LogP contribution in [0.3, 0.4) is 0 Å². The number of para-hydroxylation sites is 1. The molecule has 0 spiro atoms. The minimum absolute atomic E-state index is 0. The number of carbonyl (C=O) groups excluding carboxylic acids is 1. The Morgan fingerprint density at radius 2 is 1.94 bits per heavy atom. The highest BCUT2D eigenvalue weighted by atomic mass is 127. The molecule has 1 unspecified atom stereocenters. The van der Waals surface area contributed by atoms with Gasteiger partial charge in [-0.1, -0.05) is 18.2 Å². The molecule has 8 nitrogen and oxygen atoms in total. The molecule has 2 fully saturated rings. The van der Waals surface area contributed by atoms with Crippen LogP contribution in [-0.4, -0.2) is 76.9 Å². The van der Waals surface area contributed by atoms with Gasteiger partial charge in [-0.05, 0) is 31.9 Å². The topological polar surface area (TPSA) is 75.0 Å². The van der Waals surface area contributed by atoms with Crippen molar-refractivity contribution < 1.29 is 9.53 Å². The van der Waals surface area contributed by atoms with Gasteiger partial charge in [0, 0.05) is 51.1 Å². The molecule has 1 atom stereocenters. The molecule has 1 aromatic carbocycles. The summed E-state index contributed by atoms with van der Waals surface area (Å²) in [5.74, 6) is 1.02. The van der Waals surface area contributed by atoms with Crippen molar-refractivity contribution in [1.29, 1.82) is 0 Å². The number of hydrogen-bond donors (Lipinski definition) is 1. The number of amides is 1. The van der Waals surface area contributed by atoms with Crippen LogP contribution >= 0.6 is 24.0 Å². The third kappa shape index (κ3) is 5.97. The number of nitrogens with zero attached hydrogens (tertiary/aromatic N) is 5. The molecule has 0 saturated carbocycles. The molecule has 2 aromatic rings. The van der Waals surface area contributed by atoms with E-state index in [1.807, 2.05) is 52.3 Å². The summed E-state index contributed by atoms with van der Waals surface area (Å²) in [6.07, 6.45) is 5.47. The van der Waals surface area contributed by atoms with Crippen LogP contribution in [0.2, 0.25) is 0 Å². The molecule has 1 amide bonds. The standard InChI is InChI=1S/C22H30N6O2.HI/c1-2-23-22(24-15-18-16-25-28(17-18)19-7-4-3-5-8-19)27-12-10-26(11-13-27)21(29)20-9-6-14-30-20;/h3-5,7-8,16-17,20H,2,6,9-15H2,1H3,(H,23,24);1H. The molecule has 0 radical (unpaired) electrons. The van der Waals surface area contributed by atoms with Crippen molar-refractivity contribution in [3.05, 3.63) is 48.3 Å². The molecule has 168 valence electrons. The summed E-state index contributed by atoms with van der Waals surface area (Å²) in [5.41, 5.74) is 2.09. The maximum absolute atomic E-state index is 12.6. The Morgan fingerprint density at radius 3 is 2.61 bits per heavy atom. The molecule has 3 heterocycles. The Morgan fingerprint density at radius 1 is 1.19 bits per heavy atom. The number of benzene rings is 1. The van der Waals surface area contributed by atoms with Crippen LogP contribution in [0.1, 0.15) is 25.3 Å². The van der Waals surface area contributed by atoms with Gasteiger partial charge >= 0.3 is 0 Å². The van der Waals surface area contributed by atoms with Crippen LogP contribution in [-0.2, 0) is 16.1 Å². The highest BCUT2D eigenvalue weighted by Crippen LogP contribution is 2.16. The van der Waals surface area contributed by atoms with Crippen molar-refractivity contribution in [2.45, 2.75) is 32.4 Å². The summed E-state index contributed by atoms with van der Waals surface area (Å²) in [5, 5.41) is 7.83. The number of nitrogens with one attached hydrogen (secondary N) is 1. The smallest absolute Gasteiger partial charge is 0.251 e. The number of halogens is 1. The lowest BCUT2D eigenvalue weighted by Crippen LogP contribution is -2.55. The minimum Gasteiger partial charge on any atom is -0.368 e. The van der Waals surface area contributed by atoms with E-state index >= 15 is 0 Å². The van der Waals surface area contributed by atoms with Gasteiger partial charge in [0.15, 0.2) is 5.96 Å². The minimum atomic E-state index is -0.236. The molecule has 2 aliphatic rings. The summed E-state index contributed by atoms with van der Waals surface area (Å²) < 4.78 is 7.42. The highest BCUT2D eigenvalue weighted by Gasteiger charge is 2.30. The molecule has 2 aliphatic heterocycles. The first-order chi connectivity index (χ1) is 14.7. The average Bonchev–Trinajstić information content (AvgIpc) is 3.49. The molecule has 9 heteroatoms. The SMILES string of the molecule is CCNC(=NCc1cnn(-c2ccccc2)c1)N1CCN(C(=O)C2CCCO2)CC1.I. The van der Waals surface area contributed by atoms with Gasteiger partial charge in [-0.3, -0.25) is 4.79 Å². The lowest BCUT2D eigenvalue weighted by atomic mass is 10.2. The first-order valence-electron chi connectivity index (χ1n) is 10.8. The Hall–Kier alpha value is -2.14. The predicted molar refractivity (Wildman–Crippen MR) is 131 cm³/mol. The van der Waals surface area contributed by atoms with Crippen molar-refractivity contribution in [3.63, 3.8) is 0 Å². The second-order valence-electron chi connectivity index (χ2n) is 7.61. The van der Waals surface area contributed by atoms with Crippen molar-refractivity contribution in [3.8, 4) is 5.69 Å². The van der Waals surface area contributed by atoms with Crippen LogP contribution in [0.5, 0.6) is 0 Å². The third-order valence-corrected chi connectivity index (χ3v) is 5.50. The molecule has 2 saturated heterocycles. The summed E-state index contributed by atoms with van der Waals surface area (Å²) in [4.78, 5) is 21.5. The summed E-state index contributed by atoms with van der Waals surface area (Å²) >= 11 is 0. The van der Waals surface area contributed by atoms with Gasteiger partial charge < -0.3 is 19.9 Å². The Balaban J connectivity index is 0.00000272. The largest absolute Gasteiger partial charge is 0.368 e. The zero-order chi connectivity index (χ0) is 20.8. The maximum atomic E-state index is 12.6. The fourth-order valence-electron chi connectivity index (χ4n) is 3.87. The van der Waals surface area contributed by atoms with E-state index in [9.17, 15) is 4.79 Å². The molecule has 31 heavy (non-hydrogen) atoms. The fraction of sp³-hybridized carbons (Fsp3) is 0.500. The number of guanidine groups is 1. The van der Waals surface area contributed by atoms with Crippen LogP contribution in [0, 0.1) is 0 Å². The van der Waals surface area contributed by atoms with E-state index in [-0.39, 0.29) is 36.0 Å². The van der Waals surface area contributed by atoms with Crippen LogP contribution in [0.15, 0.2) is 47.7 Å². The van der Waals surface area contributed by atoms with Crippen molar-refractivity contribution in [2.24, 2.45) is 4.99 Å². The summed E-state index contributed by atoms with van der Waals surface area (Å²) in [6.45, 7) is 7.08. The van der Waals surface area contributed by atoms with Gasteiger partial charge in [0.2, 0.25) is 0 Å². The van der Waals surface area contributed by atoms with E-state index in [0.29, 0.717) is 26.2 Å². The van der Waals surface area contributed by atoms with Crippen molar-refractivity contribution in [2.75, 3.05) is 39.3 Å². The van der Waals surface area contributed by atoms with Gasteiger partial charge in [-0.25, -0.2) is 9.67 Å². The lowest BCUT2D eigenvalue weighted by molar-refractivity contribution is -0.142. The number of piperazine rings is 1. The van der Waals surface area contributed by atoms with Crippen LogP contribution < -0.4 is 5.32 Å². The number of aliphatic imine (C=N–C) groups is 1. The summed E-state index contributed by atoms with van der Waals surface area (Å²) in [7, 11) is 0. The number of carbonyl (C=O) groups is 1. The molecular weight excluding hydrogens is 507 g/mol. The normalized spacial score (nSPS) is 19.3. The molecule has 0 bridgehead atoms. The van der Waals surface area contributed by atoms with E-state index < -0.39 is 0 Å². The first kappa shape index (κ1) is 23.5. The Kier molecular flexibility index (Phi) is 8.70. The molecule has 4 rings (SSSR count). The molecule has 0 aliphatic carbocycles. The zero-order valence-electron chi connectivity index (χ0n) is 17.9. The molecule has 1 aromatic heterocycles. The van der Waals surface area contributed by atoms with E-state index in [2.05, 4.69) is 22.2 Å². The Bertz CT molecular complexity index is 858. The van der Waals surface area contributed by atoms with E-state index in [1.54, 1.807) is 0 Å².